The van der Waals surface area contributed by atoms with E-state index in [1.807, 2.05) is 36.1 Å². The number of rotatable bonds is 6. The van der Waals surface area contributed by atoms with Crippen LogP contribution in [-0.2, 0) is 4.79 Å². The fraction of sp³-hybridized carbons (Fsp3) is 0.389. The minimum Gasteiger partial charge on any atom is -0.330 e. The Morgan fingerprint density at radius 3 is 2.52 bits per heavy atom. The maximum Gasteiger partial charge on any atom is 0.227 e. The lowest BCUT2D eigenvalue weighted by Gasteiger charge is -2.24. The van der Waals surface area contributed by atoms with Crippen LogP contribution in [0.25, 0.3) is 10.8 Å². The van der Waals surface area contributed by atoms with E-state index in [4.69, 9.17) is 5.73 Å². The van der Waals surface area contributed by atoms with Gasteiger partial charge in [-0.05, 0) is 30.8 Å². The Morgan fingerprint density at radius 1 is 1.14 bits per heavy atom. The average Bonchev–Trinajstić information content (AvgIpc) is 2.53. The third-order valence-corrected chi connectivity index (χ3v) is 4.05. The van der Waals surface area contributed by atoms with Gasteiger partial charge in [-0.25, -0.2) is 0 Å². The summed E-state index contributed by atoms with van der Waals surface area (Å²) in [7, 11) is 0. The van der Waals surface area contributed by atoms with E-state index in [1.165, 1.54) is 0 Å². The predicted molar refractivity (Wildman–Crippen MR) is 89.4 cm³/mol. The molecule has 0 fully saturated rings. The zero-order valence-corrected chi connectivity index (χ0v) is 12.9. The summed E-state index contributed by atoms with van der Waals surface area (Å²) in [5.74, 6) is 0.424. The first kappa shape index (κ1) is 15.5. The highest BCUT2D eigenvalue weighted by molar-refractivity contribution is 6.03. The van der Waals surface area contributed by atoms with Crippen molar-refractivity contribution in [2.24, 2.45) is 11.7 Å². The fourth-order valence-electron chi connectivity index (χ4n) is 2.68. The highest BCUT2D eigenvalue weighted by Crippen LogP contribution is 2.27. The molecule has 112 valence electrons. The lowest BCUT2D eigenvalue weighted by atomic mass is 10.0. The largest absolute Gasteiger partial charge is 0.330 e. The molecule has 0 aliphatic heterocycles. The van der Waals surface area contributed by atoms with Gasteiger partial charge in [0.2, 0.25) is 5.91 Å². The Balaban J connectivity index is 2.33. The standard InChI is InChI=1S/C18H24N2O/c1-3-14(13-19)12-18(21)20(4-2)17-11-7-9-15-8-5-6-10-16(15)17/h5-11,14H,3-4,12-13,19H2,1-2H3. The zero-order chi connectivity index (χ0) is 15.2. The molecule has 0 heterocycles. The Hall–Kier alpha value is -1.87. The molecule has 21 heavy (non-hydrogen) atoms. The number of hydrogen-bond acceptors (Lipinski definition) is 2. The SMILES string of the molecule is CCC(CN)CC(=O)N(CC)c1cccc2ccccc12. The van der Waals surface area contributed by atoms with E-state index < -0.39 is 0 Å². The molecule has 2 aromatic carbocycles. The zero-order valence-electron chi connectivity index (χ0n) is 12.9. The number of fused-ring (bicyclic) bond motifs is 1. The van der Waals surface area contributed by atoms with Crippen LogP contribution in [-0.4, -0.2) is 19.0 Å². The van der Waals surface area contributed by atoms with Crippen LogP contribution in [0.5, 0.6) is 0 Å². The summed E-state index contributed by atoms with van der Waals surface area (Å²) in [6.07, 6.45) is 1.46. The summed E-state index contributed by atoms with van der Waals surface area (Å²) < 4.78 is 0. The molecule has 1 amide bonds. The second kappa shape index (κ2) is 7.23. The lowest BCUT2D eigenvalue weighted by Crippen LogP contribution is -2.33. The van der Waals surface area contributed by atoms with Gasteiger partial charge < -0.3 is 10.6 Å². The molecule has 0 saturated heterocycles. The summed E-state index contributed by atoms with van der Waals surface area (Å²) in [6, 6.07) is 14.3. The number of benzene rings is 2. The van der Waals surface area contributed by atoms with Gasteiger partial charge in [0, 0.05) is 18.4 Å². The highest BCUT2D eigenvalue weighted by Gasteiger charge is 2.19. The van der Waals surface area contributed by atoms with E-state index in [0.29, 0.717) is 19.5 Å². The van der Waals surface area contributed by atoms with Crippen LogP contribution in [0.1, 0.15) is 26.7 Å². The molecule has 0 bridgehead atoms. The maximum atomic E-state index is 12.6. The molecular formula is C18H24N2O. The number of carbonyl (C=O) groups is 1. The molecule has 3 nitrogen and oxygen atoms in total. The first-order chi connectivity index (χ1) is 10.2. The normalized spacial score (nSPS) is 12.3. The smallest absolute Gasteiger partial charge is 0.227 e. The Morgan fingerprint density at radius 2 is 1.86 bits per heavy atom. The van der Waals surface area contributed by atoms with Crippen LogP contribution in [0, 0.1) is 5.92 Å². The molecule has 1 unspecified atom stereocenters. The third-order valence-electron chi connectivity index (χ3n) is 4.05. The second-order valence-corrected chi connectivity index (χ2v) is 5.35. The Kier molecular flexibility index (Phi) is 5.34. The molecule has 2 rings (SSSR count). The number of nitrogens with zero attached hydrogens (tertiary/aromatic N) is 1. The lowest BCUT2D eigenvalue weighted by molar-refractivity contribution is -0.119. The monoisotopic (exact) mass is 284 g/mol. The molecule has 0 aliphatic carbocycles. The molecule has 0 aromatic heterocycles. The van der Waals surface area contributed by atoms with Gasteiger partial charge >= 0.3 is 0 Å². The molecule has 2 N–H and O–H groups in total. The van der Waals surface area contributed by atoms with Crippen molar-refractivity contribution in [1.29, 1.82) is 0 Å². The van der Waals surface area contributed by atoms with Gasteiger partial charge in [-0.2, -0.15) is 0 Å². The Labute approximate surface area is 126 Å². The van der Waals surface area contributed by atoms with Crippen molar-refractivity contribution in [3.8, 4) is 0 Å². The van der Waals surface area contributed by atoms with E-state index in [1.54, 1.807) is 0 Å². The van der Waals surface area contributed by atoms with Gasteiger partial charge in [-0.15, -0.1) is 0 Å². The number of hydrogen-bond donors (Lipinski definition) is 1. The van der Waals surface area contributed by atoms with Crippen LogP contribution in [0.15, 0.2) is 42.5 Å². The summed E-state index contributed by atoms with van der Waals surface area (Å²) >= 11 is 0. The fourth-order valence-corrected chi connectivity index (χ4v) is 2.68. The van der Waals surface area contributed by atoms with E-state index in [0.717, 1.165) is 22.9 Å². The van der Waals surface area contributed by atoms with Gasteiger partial charge in [-0.3, -0.25) is 4.79 Å². The number of anilines is 1. The molecule has 0 aliphatic rings. The molecule has 0 saturated carbocycles. The van der Waals surface area contributed by atoms with E-state index in [9.17, 15) is 4.79 Å². The Bertz CT molecular complexity index is 600. The average molecular weight is 284 g/mol. The summed E-state index contributed by atoms with van der Waals surface area (Å²) in [6.45, 7) is 5.34. The summed E-state index contributed by atoms with van der Waals surface area (Å²) in [5.41, 5.74) is 6.72. The van der Waals surface area contributed by atoms with Gasteiger partial charge in [0.05, 0.1) is 5.69 Å². The van der Waals surface area contributed by atoms with Crippen LogP contribution in [0.3, 0.4) is 0 Å². The maximum absolute atomic E-state index is 12.6. The van der Waals surface area contributed by atoms with Crippen LogP contribution >= 0.6 is 0 Å². The van der Waals surface area contributed by atoms with Crippen LogP contribution < -0.4 is 10.6 Å². The second-order valence-electron chi connectivity index (χ2n) is 5.35. The van der Waals surface area contributed by atoms with Gasteiger partial charge in [-0.1, -0.05) is 49.7 Å². The van der Waals surface area contributed by atoms with Gasteiger partial charge in [0.1, 0.15) is 0 Å². The molecule has 1 atom stereocenters. The predicted octanol–water partition coefficient (Wildman–Crippen LogP) is 3.57. The van der Waals surface area contributed by atoms with Gasteiger partial charge in [0.25, 0.3) is 0 Å². The van der Waals surface area contributed by atoms with Crippen LogP contribution in [0.4, 0.5) is 5.69 Å². The molecule has 0 radical (unpaired) electrons. The van der Waals surface area contributed by atoms with Crippen molar-refractivity contribution < 1.29 is 4.79 Å². The molecule has 2 aromatic rings. The first-order valence-corrected chi connectivity index (χ1v) is 7.69. The number of nitrogens with two attached hydrogens (primary N) is 1. The quantitative estimate of drug-likeness (QED) is 0.881. The van der Waals surface area contributed by atoms with Crippen molar-refractivity contribution >= 4 is 22.4 Å². The topological polar surface area (TPSA) is 46.3 Å². The molecular weight excluding hydrogens is 260 g/mol. The van der Waals surface area contributed by atoms with Crippen molar-refractivity contribution in [2.45, 2.75) is 26.7 Å². The third kappa shape index (κ3) is 3.42. The summed E-state index contributed by atoms with van der Waals surface area (Å²) in [4.78, 5) is 14.5. The number of amides is 1. The van der Waals surface area contributed by atoms with Crippen molar-refractivity contribution in [3.63, 3.8) is 0 Å². The summed E-state index contributed by atoms with van der Waals surface area (Å²) in [5, 5.41) is 2.28. The first-order valence-electron chi connectivity index (χ1n) is 7.69. The van der Waals surface area contributed by atoms with Crippen molar-refractivity contribution in [1.82, 2.24) is 0 Å². The van der Waals surface area contributed by atoms with Crippen molar-refractivity contribution in [2.75, 3.05) is 18.0 Å². The van der Waals surface area contributed by atoms with Crippen molar-refractivity contribution in [3.05, 3.63) is 42.5 Å². The molecule has 0 spiro atoms. The van der Waals surface area contributed by atoms with Gasteiger partial charge in [0.15, 0.2) is 0 Å². The molecule has 3 heteroatoms. The number of carbonyl (C=O) groups excluding carboxylic acids is 1. The minimum absolute atomic E-state index is 0.158. The van der Waals surface area contributed by atoms with E-state index in [-0.39, 0.29) is 11.8 Å². The highest BCUT2D eigenvalue weighted by atomic mass is 16.2. The van der Waals surface area contributed by atoms with Crippen LogP contribution in [0.2, 0.25) is 0 Å². The van der Waals surface area contributed by atoms with E-state index >= 15 is 0 Å². The minimum atomic E-state index is 0.158. The van der Waals surface area contributed by atoms with E-state index in [2.05, 4.69) is 25.1 Å².